The predicted molar refractivity (Wildman–Crippen MR) is 82.4 cm³/mol. The highest BCUT2D eigenvalue weighted by atomic mass is 35.5. The average molecular weight is 330 g/mol. The van der Waals surface area contributed by atoms with Crippen molar-refractivity contribution >= 4 is 40.8 Å². The topological polar surface area (TPSA) is 76.7 Å². The number of nitrogens with one attached hydrogen (secondary N) is 1. The van der Waals surface area contributed by atoms with Gasteiger partial charge < -0.3 is 5.43 Å². The molecule has 0 unspecified atom stereocenters. The maximum Gasteiger partial charge on any atom is 0.194 e. The number of hydrogen-bond donors (Lipinski definition) is 2. The van der Waals surface area contributed by atoms with Crippen LogP contribution in [0.1, 0.15) is 17.0 Å². The van der Waals surface area contributed by atoms with E-state index >= 15 is 0 Å². The van der Waals surface area contributed by atoms with Crippen LogP contribution in [0.3, 0.4) is 0 Å². The molecule has 0 fully saturated rings. The minimum absolute atomic E-state index is 0.360. The van der Waals surface area contributed by atoms with Crippen molar-refractivity contribution in [3.8, 4) is 0 Å². The summed E-state index contributed by atoms with van der Waals surface area (Å²) in [4.78, 5) is 13.1. The highest BCUT2D eigenvalue weighted by Crippen LogP contribution is 2.34. The molecule has 0 aliphatic heterocycles. The Kier molecular flexibility index (Phi) is 4.70. The van der Waals surface area contributed by atoms with Gasteiger partial charge in [0.15, 0.2) is 11.0 Å². The molecule has 0 spiro atoms. The molecular formula is C12H13Cl2N5S. The van der Waals surface area contributed by atoms with Crippen molar-refractivity contribution in [2.75, 3.05) is 5.43 Å². The van der Waals surface area contributed by atoms with E-state index in [1.165, 1.54) is 11.8 Å². The first-order valence-electron chi connectivity index (χ1n) is 5.74. The predicted octanol–water partition coefficient (Wildman–Crippen LogP) is 3.54. The van der Waals surface area contributed by atoms with Gasteiger partial charge in [-0.15, -0.1) is 0 Å². The second-order valence-electron chi connectivity index (χ2n) is 4.15. The fourth-order valence-electron chi connectivity index (χ4n) is 1.50. The second-order valence-corrected chi connectivity index (χ2v) is 5.92. The Bertz CT molecular complexity index is 640. The summed E-state index contributed by atoms with van der Waals surface area (Å²) in [6.07, 6.45) is 0. The highest BCUT2D eigenvalue weighted by molar-refractivity contribution is 7.99. The Labute approximate surface area is 131 Å². The van der Waals surface area contributed by atoms with Crippen molar-refractivity contribution in [3.63, 3.8) is 0 Å². The van der Waals surface area contributed by atoms with Crippen molar-refractivity contribution in [1.82, 2.24) is 15.0 Å². The van der Waals surface area contributed by atoms with Crippen LogP contribution in [-0.2, 0) is 0 Å². The third-order valence-corrected chi connectivity index (χ3v) is 4.39. The number of anilines is 1. The molecule has 3 N–H and O–H groups in total. The van der Waals surface area contributed by atoms with Gasteiger partial charge in [0.2, 0.25) is 0 Å². The van der Waals surface area contributed by atoms with Crippen molar-refractivity contribution in [3.05, 3.63) is 33.1 Å². The minimum Gasteiger partial charge on any atom is -0.307 e. The zero-order valence-corrected chi connectivity index (χ0v) is 13.5. The van der Waals surface area contributed by atoms with Crippen LogP contribution < -0.4 is 11.3 Å². The van der Waals surface area contributed by atoms with Crippen LogP contribution in [0, 0.1) is 20.8 Å². The molecule has 2 aromatic heterocycles. The fourth-order valence-corrected chi connectivity index (χ4v) is 2.86. The average Bonchev–Trinajstić information content (AvgIpc) is 2.39. The van der Waals surface area contributed by atoms with Crippen molar-refractivity contribution in [1.29, 1.82) is 0 Å². The summed E-state index contributed by atoms with van der Waals surface area (Å²) in [5.41, 5.74) is 5.37. The van der Waals surface area contributed by atoms with Gasteiger partial charge in [-0.25, -0.2) is 20.8 Å². The molecule has 0 aliphatic rings. The molecule has 0 saturated heterocycles. The summed E-state index contributed by atoms with van der Waals surface area (Å²) in [6.45, 7) is 5.87. The lowest BCUT2D eigenvalue weighted by atomic mass is 10.2. The van der Waals surface area contributed by atoms with Gasteiger partial charge in [0, 0.05) is 11.4 Å². The molecule has 0 radical (unpaired) electrons. The summed E-state index contributed by atoms with van der Waals surface area (Å²) in [7, 11) is 0. The van der Waals surface area contributed by atoms with Gasteiger partial charge in [-0.05, 0) is 44.2 Å². The van der Waals surface area contributed by atoms with E-state index in [1.54, 1.807) is 6.07 Å². The molecule has 2 aromatic rings. The summed E-state index contributed by atoms with van der Waals surface area (Å²) < 4.78 is 0. The van der Waals surface area contributed by atoms with E-state index in [2.05, 4.69) is 20.4 Å². The second kappa shape index (κ2) is 6.13. The monoisotopic (exact) mass is 329 g/mol. The van der Waals surface area contributed by atoms with E-state index in [1.807, 2.05) is 20.8 Å². The molecule has 0 aromatic carbocycles. The SMILES string of the molecule is Cc1nc(Sc2nc(NN)c(Cl)cc2Cl)nc(C)c1C. The van der Waals surface area contributed by atoms with Crippen LogP contribution in [0.5, 0.6) is 0 Å². The maximum absolute atomic E-state index is 6.13. The first-order valence-corrected chi connectivity index (χ1v) is 7.32. The lowest BCUT2D eigenvalue weighted by molar-refractivity contribution is 0.878. The smallest absolute Gasteiger partial charge is 0.194 e. The number of aromatic nitrogens is 3. The van der Waals surface area contributed by atoms with E-state index in [0.29, 0.717) is 26.0 Å². The molecule has 0 amide bonds. The van der Waals surface area contributed by atoms with E-state index in [-0.39, 0.29) is 0 Å². The molecule has 0 aliphatic carbocycles. The van der Waals surface area contributed by atoms with Crippen LogP contribution in [0.4, 0.5) is 5.82 Å². The third-order valence-electron chi connectivity index (χ3n) is 2.83. The standard InChI is InChI=1S/C12H13Cl2N5S/c1-5-6(2)16-12(17-7(5)3)20-11-9(14)4-8(13)10(18-11)19-15/h4H,15H2,1-3H3,(H,18,19). The Morgan fingerprint density at radius 1 is 1.05 bits per heavy atom. The molecule has 2 rings (SSSR count). The fraction of sp³-hybridized carbons (Fsp3) is 0.250. The lowest BCUT2D eigenvalue weighted by Gasteiger charge is -2.09. The van der Waals surface area contributed by atoms with Gasteiger partial charge in [0.25, 0.3) is 0 Å². The van der Waals surface area contributed by atoms with Gasteiger partial charge in [-0.2, -0.15) is 0 Å². The quantitative estimate of drug-likeness (QED) is 0.509. The van der Waals surface area contributed by atoms with E-state index in [9.17, 15) is 0 Å². The zero-order valence-electron chi connectivity index (χ0n) is 11.2. The number of hydrogen-bond acceptors (Lipinski definition) is 6. The number of pyridine rings is 1. The van der Waals surface area contributed by atoms with Gasteiger partial charge in [0.05, 0.1) is 10.0 Å². The van der Waals surface area contributed by atoms with Crippen LogP contribution in [0.15, 0.2) is 16.2 Å². The van der Waals surface area contributed by atoms with Crippen molar-refractivity contribution < 1.29 is 0 Å². The Hall–Kier alpha value is -1.08. The van der Waals surface area contributed by atoms with E-state index in [0.717, 1.165) is 17.0 Å². The third kappa shape index (κ3) is 3.15. The van der Waals surface area contributed by atoms with Crippen molar-refractivity contribution in [2.24, 2.45) is 5.84 Å². The van der Waals surface area contributed by atoms with Crippen LogP contribution in [-0.4, -0.2) is 15.0 Å². The highest BCUT2D eigenvalue weighted by Gasteiger charge is 2.13. The number of nitrogen functional groups attached to an aromatic ring is 1. The Morgan fingerprint density at radius 3 is 2.20 bits per heavy atom. The largest absolute Gasteiger partial charge is 0.307 e. The zero-order chi connectivity index (χ0) is 14.9. The van der Waals surface area contributed by atoms with Gasteiger partial charge in [-0.3, -0.25) is 0 Å². The number of aryl methyl sites for hydroxylation is 2. The molecule has 106 valence electrons. The summed E-state index contributed by atoms with van der Waals surface area (Å²) in [5, 5.41) is 1.93. The molecule has 0 atom stereocenters. The van der Waals surface area contributed by atoms with Gasteiger partial charge in [-0.1, -0.05) is 23.2 Å². The molecular weight excluding hydrogens is 317 g/mol. The molecule has 2 heterocycles. The Morgan fingerprint density at radius 2 is 1.65 bits per heavy atom. The molecule has 0 bridgehead atoms. The van der Waals surface area contributed by atoms with E-state index in [4.69, 9.17) is 29.0 Å². The first kappa shape index (κ1) is 15.3. The minimum atomic E-state index is 0.360. The summed E-state index contributed by atoms with van der Waals surface area (Å²) >= 11 is 13.3. The molecule has 8 heteroatoms. The normalized spacial score (nSPS) is 10.7. The lowest BCUT2D eigenvalue weighted by Crippen LogP contribution is -2.09. The van der Waals surface area contributed by atoms with E-state index < -0.39 is 0 Å². The number of nitrogens with zero attached hydrogens (tertiary/aromatic N) is 3. The van der Waals surface area contributed by atoms with Crippen LogP contribution in [0.25, 0.3) is 0 Å². The molecule has 5 nitrogen and oxygen atoms in total. The number of rotatable bonds is 3. The Balaban J connectivity index is 2.39. The number of halogens is 2. The first-order chi connectivity index (χ1) is 9.42. The van der Waals surface area contributed by atoms with Crippen LogP contribution >= 0.6 is 35.0 Å². The maximum atomic E-state index is 6.13. The molecule has 0 saturated carbocycles. The summed E-state index contributed by atoms with van der Waals surface area (Å²) in [5.74, 6) is 5.71. The van der Waals surface area contributed by atoms with Gasteiger partial charge in [0.1, 0.15) is 5.03 Å². The number of nitrogens with two attached hydrogens (primary N) is 1. The summed E-state index contributed by atoms with van der Waals surface area (Å²) in [6, 6.07) is 1.58. The van der Waals surface area contributed by atoms with Gasteiger partial charge >= 0.3 is 0 Å². The number of hydrazine groups is 1. The molecule has 20 heavy (non-hydrogen) atoms. The van der Waals surface area contributed by atoms with Crippen molar-refractivity contribution in [2.45, 2.75) is 31.0 Å². The van der Waals surface area contributed by atoms with Crippen LogP contribution in [0.2, 0.25) is 10.0 Å².